The van der Waals surface area contributed by atoms with E-state index < -0.39 is 53.4 Å². The zero-order chi connectivity index (χ0) is 31.8. The Balaban J connectivity index is 1.34. The monoisotopic (exact) mass is 614 g/mol. The van der Waals surface area contributed by atoms with Gasteiger partial charge in [0.05, 0.1) is 48.7 Å². The third-order valence-electron chi connectivity index (χ3n) is 9.00. The van der Waals surface area contributed by atoms with Gasteiger partial charge in [-0.25, -0.2) is 0 Å². The second-order valence-electron chi connectivity index (χ2n) is 11.5. The van der Waals surface area contributed by atoms with Gasteiger partial charge in [-0.05, 0) is 30.7 Å². The number of benzene rings is 2. The second kappa shape index (κ2) is 12.4. The quantitative estimate of drug-likeness (QED) is 0.324. The predicted molar refractivity (Wildman–Crippen MR) is 159 cm³/mol. The summed E-state index contributed by atoms with van der Waals surface area (Å²) in [5.41, 5.74) is 1.14. The zero-order valence-electron chi connectivity index (χ0n) is 25.0. The second-order valence-corrected chi connectivity index (χ2v) is 11.5. The van der Waals surface area contributed by atoms with Gasteiger partial charge >= 0.3 is 0 Å². The summed E-state index contributed by atoms with van der Waals surface area (Å²) in [6, 6.07) is 10.3. The van der Waals surface area contributed by atoms with Crippen LogP contribution in [-0.4, -0.2) is 120 Å². The smallest absolute Gasteiger partial charge is 0.262 e. The molecule has 6 rings (SSSR count). The molecule has 4 aliphatic heterocycles. The van der Waals surface area contributed by atoms with Crippen LogP contribution in [-0.2, 0) is 19.1 Å². The lowest BCUT2D eigenvalue weighted by atomic mass is 9.87. The molecule has 0 radical (unpaired) electrons. The summed E-state index contributed by atoms with van der Waals surface area (Å²) in [5.74, 6) is -4.10. The van der Waals surface area contributed by atoms with Gasteiger partial charge < -0.3 is 19.3 Å². The SMILES string of the molecule is C=C(C[C@H](C(=O)N1CCOCC1)N1C(=O)c2ccccc2C1=O)[C@H](C)[C@H](C(=O)N1CCOCC1)N1C(=O)c2ccccc2C1=O. The Morgan fingerprint density at radius 1 is 0.667 bits per heavy atom. The molecule has 234 valence electrons. The van der Waals surface area contributed by atoms with Crippen LogP contribution in [0.15, 0.2) is 60.7 Å². The van der Waals surface area contributed by atoms with Crippen LogP contribution in [0.3, 0.4) is 0 Å². The number of carbonyl (C=O) groups is 6. The number of ether oxygens (including phenoxy) is 2. The topological polar surface area (TPSA) is 134 Å². The van der Waals surface area contributed by atoms with Gasteiger partial charge in [0.1, 0.15) is 12.1 Å². The maximum Gasteiger partial charge on any atom is 0.262 e. The lowest BCUT2D eigenvalue weighted by Crippen LogP contribution is -2.57. The van der Waals surface area contributed by atoms with E-state index in [1.54, 1.807) is 65.3 Å². The number of nitrogens with zero attached hydrogens (tertiary/aromatic N) is 4. The van der Waals surface area contributed by atoms with Gasteiger partial charge in [-0.1, -0.05) is 43.3 Å². The van der Waals surface area contributed by atoms with Crippen molar-refractivity contribution in [2.75, 3.05) is 52.6 Å². The number of morpholine rings is 2. The van der Waals surface area contributed by atoms with Gasteiger partial charge in [-0.3, -0.25) is 38.6 Å². The fourth-order valence-corrected chi connectivity index (χ4v) is 6.41. The van der Waals surface area contributed by atoms with Crippen molar-refractivity contribution in [3.8, 4) is 0 Å². The molecule has 4 aliphatic rings. The molecule has 0 bridgehead atoms. The maximum atomic E-state index is 14.1. The van der Waals surface area contributed by atoms with E-state index >= 15 is 0 Å². The number of fused-ring (bicyclic) bond motifs is 2. The Morgan fingerprint density at radius 2 is 1.04 bits per heavy atom. The molecule has 2 fully saturated rings. The highest BCUT2D eigenvalue weighted by Gasteiger charge is 2.49. The number of rotatable bonds is 8. The molecule has 12 heteroatoms. The van der Waals surface area contributed by atoms with Crippen LogP contribution in [0, 0.1) is 5.92 Å². The highest BCUT2D eigenvalue weighted by atomic mass is 16.5. The molecule has 2 aromatic rings. The van der Waals surface area contributed by atoms with Crippen LogP contribution in [0.5, 0.6) is 0 Å². The zero-order valence-corrected chi connectivity index (χ0v) is 25.0. The van der Waals surface area contributed by atoms with Crippen molar-refractivity contribution >= 4 is 35.4 Å². The fourth-order valence-electron chi connectivity index (χ4n) is 6.41. The van der Waals surface area contributed by atoms with E-state index in [2.05, 4.69) is 6.58 Å². The van der Waals surface area contributed by atoms with Gasteiger partial charge in [0, 0.05) is 32.1 Å². The minimum absolute atomic E-state index is 0.168. The van der Waals surface area contributed by atoms with E-state index in [1.807, 2.05) is 0 Å². The summed E-state index contributed by atoms with van der Waals surface area (Å²) in [4.78, 5) is 87.6. The van der Waals surface area contributed by atoms with Gasteiger partial charge in [-0.15, -0.1) is 0 Å². The highest BCUT2D eigenvalue weighted by Crippen LogP contribution is 2.34. The summed E-state index contributed by atoms with van der Waals surface area (Å²) >= 11 is 0. The van der Waals surface area contributed by atoms with E-state index in [0.717, 1.165) is 9.80 Å². The molecule has 2 aromatic carbocycles. The van der Waals surface area contributed by atoms with E-state index in [4.69, 9.17) is 9.47 Å². The van der Waals surface area contributed by atoms with E-state index in [0.29, 0.717) is 32.0 Å². The number of hydrogen-bond donors (Lipinski definition) is 0. The molecule has 0 aliphatic carbocycles. The van der Waals surface area contributed by atoms with Crippen molar-refractivity contribution < 1.29 is 38.2 Å². The number of amides is 6. The summed E-state index contributed by atoms with van der Waals surface area (Å²) < 4.78 is 10.8. The summed E-state index contributed by atoms with van der Waals surface area (Å²) in [7, 11) is 0. The van der Waals surface area contributed by atoms with Crippen LogP contribution >= 0.6 is 0 Å². The van der Waals surface area contributed by atoms with Crippen molar-refractivity contribution in [1.29, 1.82) is 0 Å². The molecule has 6 amide bonds. The van der Waals surface area contributed by atoms with E-state index in [9.17, 15) is 28.8 Å². The number of carbonyl (C=O) groups excluding carboxylic acids is 6. The van der Waals surface area contributed by atoms with Crippen LogP contribution in [0.2, 0.25) is 0 Å². The van der Waals surface area contributed by atoms with Crippen LogP contribution < -0.4 is 0 Å². The fraction of sp³-hybridized carbons (Fsp3) is 0.394. The van der Waals surface area contributed by atoms with Gasteiger partial charge in [0.15, 0.2) is 0 Å². The molecule has 0 unspecified atom stereocenters. The van der Waals surface area contributed by atoms with E-state index in [1.165, 1.54) is 0 Å². The summed E-state index contributed by atoms with van der Waals surface area (Å²) in [5, 5.41) is 0. The number of imide groups is 2. The standard InChI is InChI=1S/C33H34N4O8/c1-20(19-26(32(42)34-11-15-44-16-12-34)36-28(38)22-7-3-4-8-23(22)29(36)39)21(2)27(33(43)35-13-17-45-18-14-35)37-30(40)24-9-5-6-10-25(24)31(37)41/h3-10,21,26-27H,1,11-19H2,2H3/t21-,26+,27+/m0/s1. The predicted octanol–water partition coefficient (Wildman–Crippen LogP) is 1.62. The maximum absolute atomic E-state index is 14.1. The lowest BCUT2D eigenvalue weighted by molar-refractivity contribution is -0.140. The van der Waals surface area contributed by atoms with Crippen LogP contribution in [0.25, 0.3) is 0 Å². The van der Waals surface area contributed by atoms with Crippen molar-refractivity contribution in [2.45, 2.75) is 25.4 Å². The first-order valence-electron chi connectivity index (χ1n) is 15.0. The molecule has 12 nitrogen and oxygen atoms in total. The third-order valence-corrected chi connectivity index (χ3v) is 9.00. The van der Waals surface area contributed by atoms with Gasteiger partial charge in [-0.2, -0.15) is 0 Å². The molecule has 4 heterocycles. The van der Waals surface area contributed by atoms with Crippen molar-refractivity contribution in [3.63, 3.8) is 0 Å². The largest absolute Gasteiger partial charge is 0.378 e. The molecule has 45 heavy (non-hydrogen) atoms. The molecule has 2 saturated heterocycles. The van der Waals surface area contributed by atoms with E-state index in [-0.39, 0.29) is 54.9 Å². The summed E-state index contributed by atoms with van der Waals surface area (Å²) in [6.07, 6.45) is -0.168. The number of hydrogen-bond acceptors (Lipinski definition) is 8. The van der Waals surface area contributed by atoms with Crippen molar-refractivity contribution in [3.05, 3.63) is 82.9 Å². The third kappa shape index (κ3) is 5.33. The Morgan fingerprint density at radius 3 is 1.47 bits per heavy atom. The van der Waals surface area contributed by atoms with Gasteiger partial charge in [0.25, 0.3) is 23.6 Å². The van der Waals surface area contributed by atoms with Gasteiger partial charge in [0.2, 0.25) is 11.8 Å². The first kappa shape index (κ1) is 30.4. The molecule has 3 atom stereocenters. The van der Waals surface area contributed by atoms with Crippen molar-refractivity contribution in [1.82, 2.24) is 19.6 Å². The average molecular weight is 615 g/mol. The van der Waals surface area contributed by atoms with Crippen LogP contribution in [0.1, 0.15) is 54.8 Å². The molecule has 0 aromatic heterocycles. The van der Waals surface area contributed by atoms with Crippen molar-refractivity contribution in [2.24, 2.45) is 5.92 Å². The Kier molecular flexibility index (Phi) is 8.34. The molecular weight excluding hydrogens is 580 g/mol. The first-order valence-corrected chi connectivity index (χ1v) is 15.0. The average Bonchev–Trinajstić information content (AvgIpc) is 3.48. The summed E-state index contributed by atoms with van der Waals surface area (Å²) in [6.45, 7) is 8.28. The minimum Gasteiger partial charge on any atom is -0.378 e. The molecule has 0 saturated carbocycles. The highest BCUT2D eigenvalue weighted by molar-refractivity contribution is 6.23. The Hall–Kier alpha value is -4.68. The molecule has 0 N–H and O–H groups in total. The lowest BCUT2D eigenvalue weighted by Gasteiger charge is -2.38. The Bertz CT molecular complexity index is 1520. The molecule has 0 spiro atoms. The first-order chi connectivity index (χ1) is 21.7. The normalized spacial score (nSPS) is 20.2. The van der Waals surface area contributed by atoms with Crippen LogP contribution in [0.4, 0.5) is 0 Å². The molecular formula is C33H34N4O8. The minimum atomic E-state index is -1.27. The Labute approximate surface area is 260 Å².